The number of piperidine rings is 1. The molecule has 1 fully saturated rings. The van der Waals surface area contributed by atoms with Crippen LogP contribution in [-0.4, -0.2) is 33.0 Å². The number of hydrogen-bond donors (Lipinski definition) is 1. The van der Waals surface area contributed by atoms with Crippen molar-refractivity contribution in [1.82, 2.24) is 19.9 Å². The van der Waals surface area contributed by atoms with Crippen LogP contribution in [0.3, 0.4) is 0 Å². The number of nitrogens with zero attached hydrogens (tertiary/aromatic N) is 4. The van der Waals surface area contributed by atoms with Crippen LogP contribution in [0.4, 0.5) is 5.95 Å². The predicted molar refractivity (Wildman–Crippen MR) is 88.9 cm³/mol. The van der Waals surface area contributed by atoms with E-state index in [1.54, 1.807) is 6.20 Å². The highest BCUT2D eigenvalue weighted by Gasteiger charge is 2.14. The average Bonchev–Trinajstić information content (AvgIpc) is 3.01. The molecule has 0 atom stereocenters. The Morgan fingerprint density at radius 2 is 1.55 bits per heavy atom. The van der Waals surface area contributed by atoms with Crippen molar-refractivity contribution in [3.05, 3.63) is 48.4 Å². The number of aryl methyl sites for hydroxylation is 1. The smallest absolute Gasteiger partial charge is 0.205 e. The van der Waals surface area contributed by atoms with Gasteiger partial charge in [-0.2, -0.15) is 4.98 Å². The molecule has 0 spiro atoms. The molecule has 0 amide bonds. The van der Waals surface area contributed by atoms with E-state index in [0.717, 1.165) is 36.0 Å². The van der Waals surface area contributed by atoms with Gasteiger partial charge in [-0.05, 0) is 26.2 Å². The molecule has 3 aromatic rings. The zero-order chi connectivity index (χ0) is 15.2. The van der Waals surface area contributed by atoms with Gasteiger partial charge in [-0.1, -0.05) is 36.4 Å². The van der Waals surface area contributed by atoms with Crippen LogP contribution in [0.5, 0.6) is 0 Å². The summed E-state index contributed by atoms with van der Waals surface area (Å²) in [6.07, 6.45) is 5.64. The zero-order valence-corrected chi connectivity index (χ0v) is 12.9. The summed E-state index contributed by atoms with van der Waals surface area (Å²) < 4.78 is 0. The number of aromatic nitrogens is 4. The Morgan fingerprint density at radius 3 is 2.18 bits per heavy atom. The van der Waals surface area contributed by atoms with Gasteiger partial charge in [0.25, 0.3) is 0 Å². The van der Waals surface area contributed by atoms with Crippen LogP contribution in [0.25, 0.3) is 11.2 Å². The zero-order valence-electron chi connectivity index (χ0n) is 12.9. The lowest BCUT2D eigenvalue weighted by atomic mass is 10.1. The van der Waals surface area contributed by atoms with Crippen LogP contribution < -0.4 is 4.90 Å². The average molecular weight is 295 g/mol. The van der Waals surface area contributed by atoms with Crippen LogP contribution in [0.2, 0.25) is 0 Å². The van der Waals surface area contributed by atoms with Crippen molar-refractivity contribution in [2.45, 2.75) is 26.2 Å². The molecule has 0 aliphatic carbocycles. The maximum Gasteiger partial charge on any atom is 0.205 e. The van der Waals surface area contributed by atoms with Crippen LogP contribution in [-0.2, 0) is 0 Å². The number of H-pyrrole nitrogens is 1. The second-order valence-corrected chi connectivity index (χ2v) is 5.42. The third-order valence-electron chi connectivity index (χ3n) is 3.67. The van der Waals surface area contributed by atoms with Crippen molar-refractivity contribution < 1.29 is 0 Å². The second kappa shape index (κ2) is 7.02. The summed E-state index contributed by atoms with van der Waals surface area (Å²) in [5.74, 6) is 1.71. The van der Waals surface area contributed by atoms with E-state index in [0.29, 0.717) is 0 Å². The van der Waals surface area contributed by atoms with Crippen molar-refractivity contribution in [2.75, 3.05) is 18.0 Å². The van der Waals surface area contributed by atoms with Gasteiger partial charge in [0.2, 0.25) is 5.95 Å². The summed E-state index contributed by atoms with van der Waals surface area (Å²) in [6.45, 7) is 4.06. The molecule has 0 saturated carbocycles. The minimum atomic E-state index is 0.768. The van der Waals surface area contributed by atoms with E-state index in [9.17, 15) is 0 Å². The van der Waals surface area contributed by atoms with Crippen molar-refractivity contribution in [3.63, 3.8) is 0 Å². The SMILES string of the molecule is Cc1ncc2[nH]c(N3CCCCC3)nc2n1.c1ccccc1. The lowest BCUT2D eigenvalue weighted by Gasteiger charge is -2.25. The maximum absolute atomic E-state index is 4.52. The lowest BCUT2D eigenvalue weighted by molar-refractivity contribution is 0.570. The molecule has 1 aliphatic rings. The van der Waals surface area contributed by atoms with Crippen molar-refractivity contribution in [2.24, 2.45) is 0 Å². The van der Waals surface area contributed by atoms with E-state index >= 15 is 0 Å². The molecule has 2 aromatic heterocycles. The number of benzene rings is 1. The number of imidazole rings is 1. The summed E-state index contributed by atoms with van der Waals surface area (Å²) in [6, 6.07) is 12.0. The first-order valence-corrected chi connectivity index (χ1v) is 7.77. The summed E-state index contributed by atoms with van der Waals surface area (Å²) in [5.41, 5.74) is 1.69. The number of hydrogen-bond acceptors (Lipinski definition) is 4. The number of rotatable bonds is 1. The quantitative estimate of drug-likeness (QED) is 0.748. The first kappa shape index (κ1) is 14.5. The van der Waals surface area contributed by atoms with E-state index in [1.807, 2.05) is 43.3 Å². The van der Waals surface area contributed by atoms with Gasteiger partial charge >= 0.3 is 0 Å². The van der Waals surface area contributed by atoms with Gasteiger partial charge in [-0.25, -0.2) is 9.97 Å². The summed E-state index contributed by atoms with van der Waals surface area (Å²) in [5, 5.41) is 0. The molecule has 5 nitrogen and oxygen atoms in total. The molecule has 22 heavy (non-hydrogen) atoms. The standard InChI is InChI=1S/C11H15N5.C6H6/c1-8-12-7-9-10(13-8)15-11(14-9)16-5-3-2-4-6-16;1-2-4-6-5-3-1/h7H,2-6H2,1H3,(H,12,13,14,15);1-6H. The first-order valence-electron chi connectivity index (χ1n) is 7.77. The number of fused-ring (bicyclic) bond motifs is 1. The highest BCUT2D eigenvalue weighted by Crippen LogP contribution is 2.19. The Labute approximate surface area is 130 Å². The second-order valence-electron chi connectivity index (χ2n) is 5.42. The molecule has 1 aliphatic heterocycles. The van der Waals surface area contributed by atoms with Crippen LogP contribution >= 0.6 is 0 Å². The molecule has 5 heteroatoms. The highest BCUT2D eigenvalue weighted by atomic mass is 15.3. The van der Waals surface area contributed by atoms with Crippen LogP contribution in [0.1, 0.15) is 25.1 Å². The Balaban J connectivity index is 0.000000202. The summed E-state index contributed by atoms with van der Waals surface area (Å²) >= 11 is 0. The van der Waals surface area contributed by atoms with E-state index in [1.165, 1.54) is 19.3 Å². The third kappa shape index (κ3) is 3.61. The Hall–Kier alpha value is -2.43. The van der Waals surface area contributed by atoms with Crippen molar-refractivity contribution in [1.29, 1.82) is 0 Å². The molecule has 0 unspecified atom stereocenters. The predicted octanol–water partition coefficient (Wildman–Crippen LogP) is 3.34. The molecule has 0 radical (unpaired) electrons. The molecule has 114 valence electrons. The summed E-state index contributed by atoms with van der Waals surface area (Å²) in [4.78, 5) is 18.6. The van der Waals surface area contributed by atoms with Gasteiger partial charge in [0.15, 0.2) is 5.65 Å². The largest absolute Gasteiger partial charge is 0.342 e. The fourth-order valence-electron chi connectivity index (χ4n) is 2.52. The normalized spacial score (nSPS) is 14.5. The van der Waals surface area contributed by atoms with Crippen LogP contribution in [0, 0.1) is 6.92 Å². The molecule has 1 aromatic carbocycles. The Kier molecular flexibility index (Phi) is 4.63. The van der Waals surface area contributed by atoms with Gasteiger partial charge in [0, 0.05) is 13.1 Å². The Bertz CT molecular complexity index is 675. The minimum Gasteiger partial charge on any atom is -0.342 e. The molecule has 4 rings (SSSR count). The molecular formula is C17H21N5. The van der Waals surface area contributed by atoms with Gasteiger partial charge in [0.1, 0.15) is 11.3 Å². The maximum atomic E-state index is 4.52. The Morgan fingerprint density at radius 1 is 0.909 bits per heavy atom. The summed E-state index contributed by atoms with van der Waals surface area (Å²) in [7, 11) is 0. The van der Waals surface area contributed by atoms with E-state index in [-0.39, 0.29) is 0 Å². The number of aromatic amines is 1. The van der Waals surface area contributed by atoms with Crippen molar-refractivity contribution in [3.8, 4) is 0 Å². The van der Waals surface area contributed by atoms with E-state index in [4.69, 9.17) is 0 Å². The topological polar surface area (TPSA) is 57.7 Å². The van der Waals surface area contributed by atoms with Gasteiger partial charge in [-0.15, -0.1) is 0 Å². The van der Waals surface area contributed by atoms with Gasteiger partial charge < -0.3 is 9.88 Å². The number of anilines is 1. The molecule has 1 N–H and O–H groups in total. The lowest BCUT2D eigenvalue weighted by Crippen LogP contribution is -2.30. The molecule has 3 heterocycles. The number of nitrogens with one attached hydrogen (secondary N) is 1. The molecular weight excluding hydrogens is 274 g/mol. The first-order chi connectivity index (χ1) is 10.8. The molecule has 0 bridgehead atoms. The van der Waals surface area contributed by atoms with Crippen LogP contribution in [0.15, 0.2) is 42.6 Å². The monoisotopic (exact) mass is 295 g/mol. The third-order valence-corrected chi connectivity index (χ3v) is 3.67. The van der Waals surface area contributed by atoms with E-state index in [2.05, 4.69) is 24.8 Å². The fraction of sp³-hybridized carbons (Fsp3) is 0.353. The van der Waals surface area contributed by atoms with Gasteiger partial charge in [-0.3, -0.25) is 0 Å². The van der Waals surface area contributed by atoms with E-state index < -0.39 is 0 Å². The minimum absolute atomic E-state index is 0.768. The molecule has 1 saturated heterocycles. The van der Waals surface area contributed by atoms with Crippen molar-refractivity contribution >= 4 is 17.1 Å². The fourth-order valence-corrected chi connectivity index (χ4v) is 2.52. The van der Waals surface area contributed by atoms with Gasteiger partial charge in [0.05, 0.1) is 6.20 Å². The highest BCUT2D eigenvalue weighted by molar-refractivity contribution is 5.72.